The summed E-state index contributed by atoms with van der Waals surface area (Å²) in [6, 6.07) is 28.3. The monoisotopic (exact) mass is 531 g/mol. The van der Waals surface area contributed by atoms with E-state index in [9.17, 15) is 4.79 Å². The van der Waals surface area contributed by atoms with Gasteiger partial charge in [0.15, 0.2) is 0 Å². The second-order valence-electron chi connectivity index (χ2n) is 11.4. The normalized spacial score (nSPS) is 15.5. The van der Waals surface area contributed by atoms with Gasteiger partial charge in [0.1, 0.15) is 5.00 Å². The molecule has 5 heteroatoms. The molecule has 0 bridgehead atoms. The summed E-state index contributed by atoms with van der Waals surface area (Å²) in [4.78, 5) is 23.7. The second kappa shape index (κ2) is 10.3. The Balaban J connectivity index is 1.44. The largest absolute Gasteiger partial charge is 0.354 e. The van der Waals surface area contributed by atoms with Gasteiger partial charge in [-0.15, -0.1) is 11.3 Å². The first-order chi connectivity index (χ1) is 18.9. The number of nitrogens with zero attached hydrogens (tertiary/aromatic N) is 1. The number of anilines is 1. The number of carbonyl (C=O) groups is 1. The number of amides is 1. The van der Waals surface area contributed by atoms with E-state index < -0.39 is 0 Å². The fraction of sp³-hybridized carbons (Fsp3) is 0.235. The molecule has 39 heavy (non-hydrogen) atoms. The molecule has 0 fully saturated rings. The van der Waals surface area contributed by atoms with Crippen LogP contribution in [0.4, 0.5) is 10.7 Å². The Hall–Kier alpha value is -3.96. The molecule has 2 heterocycles. The number of thiophene rings is 1. The van der Waals surface area contributed by atoms with E-state index in [0.29, 0.717) is 5.92 Å². The van der Waals surface area contributed by atoms with E-state index in [2.05, 4.69) is 61.4 Å². The Morgan fingerprint density at radius 2 is 1.67 bits per heavy atom. The summed E-state index contributed by atoms with van der Waals surface area (Å²) in [7, 11) is 0. The molecule has 3 aromatic carbocycles. The standard InChI is InChI=1S/C34H33N3OS/c1-34(2,3)23-18-19-26-29(20-23)39-33(30(26)32(38)36-24-14-8-5-9-15-24)35-21-27-25-16-10-11-17-28(25)37-31(27)22-12-6-4-7-13-22/h4-17,21,23,37H,18-20H2,1-3H3,(H,36,38)/t23-/m0/s1. The van der Waals surface area contributed by atoms with Crippen LogP contribution in [0.5, 0.6) is 0 Å². The number of carbonyl (C=O) groups excluding carboxylic acids is 1. The van der Waals surface area contributed by atoms with E-state index in [1.807, 2.05) is 60.8 Å². The van der Waals surface area contributed by atoms with Gasteiger partial charge in [-0.1, -0.05) is 87.5 Å². The SMILES string of the molecule is CC(C)(C)[C@H]1CCc2c(sc(N=Cc3c(-c4ccccc4)[nH]c4ccccc34)c2C(=O)Nc2ccccc2)C1. The lowest BCUT2D eigenvalue weighted by molar-refractivity contribution is 0.102. The van der Waals surface area contributed by atoms with Crippen LogP contribution >= 0.6 is 11.3 Å². The molecule has 196 valence electrons. The van der Waals surface area contributed by atoms with Crippen LogP contribution in [0.25, 0.3) is 22.2 Å². The third-order valence-corrected chi connectivity index (χ3v) is 9.01. The second-order valence-corrected chi connectivity index (χ2v) is 12.5. The van der Waals surface area contributed by atoms with Crippen LogP contribution in [0.1, 0.15) is 53.6 Å². The fourth-order valence-corrected chi connectivity index (χ4v) is 6.87. The highest BCUT2D eigenvalue weighted by atomic mass is 32.1. The van der Waals surface area contributed by atoms with Crippen molar-refractivity contribution in [3.05, 3.63) is 106 Å². The minimum atomic E-state index is -0.0812. The molecule has 0 aliphatic heterocycles. The van der Waals surface area contributed by atoms with Crippen LogP contribution in [-0.2, 0) is 12.8 Å². The highest BCUT2D eigenvalue weighted by Gasteiger charge is 2.33. The van der Waals surface area contributed by atoms with Gasteiger partial charge in [-0.05, 0) is 59.9 Å². The number of aliphatic imine (C=N–C) groups is 1. The minimum Gasteiger partial charge on any atom is -0.354 e. The molecule has 4 nitrogen and oxygen atoms in total. The maximum Gasteiger partial charge on any atom is 0.259 e. The van der Waals surface area contributed by atoms with Crippen LogP contribution in [0.3, 0.4) is 0 Å². The number of nitrogens with one attached hydrogen (secondary N) is 2. The third kappa shape index (κ3) is 5.07. The molecule has 0 unspecified atom stereocenters. The van der Waals surface area contributed by atoms with E-state index in [4.69, 9.17) is 4.99 Å². The molecular formula is C34H33N3OS. The molecule has 1 amide bonds. The predicted octanol–water partition coefficient (Wildman–Crippen LogP) is 9.05. The summed E-state index contributed by atoms with van der Waals surface area (Å²) in [5.74, 6) is 0.506. The molecule has 2 aromatic heterocycles. The number of benzene rings is 3. The van der Waals surface area contributed by atoms with Crippen molar-refractivity contribution >= 4 is 45.0 Å². The third-order valence-electron chi connectivity index (χ3n) is 7.85. The van der Waals surface area contributed by atoms with Crippen LogP contribution in [0, 0.1) is 11.3 Å². The van der Waals surface area contributed by atoms with E-state index in [-0.39, 0.29) is 11.3 Å². The van der Waals surface area contributed by atoms with Crippen LogP contribution in [0.15, 0.2) is 89.9 Å². The number of rotatable bonds is 5. The van der Waals surface area contributed by atoms with Crippen LogP contribution in [0.2, 0.25) is 0 Å². The van der Waals surface area contributed by atoms with Gasteiger partial charge in [-0.25, -0.2) is 4.99 Å². The van der Waals surface area contributed by atoms with Crippen LogP contribution < -0.4 is 5.32 Å². The van der Waals surface area contributed by atoms with Gasteiger partial charge in [0, 0.05) is 33.2 Å². The van der Waals surface area contributed by atoms with Crippen molar-refractivity contribution in [1.29, 1.82) is 0 Å². The summed E-state index contributed by atoms with van der Waals surface area (Å²) in [5.41, 5.74) is 7.16. The first-order valence-electron chi connectivity index (χ1n) is 13.6. The van der Waals surface area contributed by atoms with Crippen molar-refractivity contribution in [2.24, 2.45) is 16.3 Å². The molecule has 6 rings (SSSR count). The molecule has 0 radical (unpaired) electrons. The van der Waals surface area contributed by atoms with E-state index in [1.54, 1.807) is 11.3 Å². The summed E-state index contributed by atoms with van der Waals surface area (Å²) >= 11 is 1.68. The molecule has 0 saturated heterocycles. The van der Waals surface area contributed by atoms with Gasteiger partial charge in [-0.2, -0.15) is 0 Å². The maximum atomic E-state index is 13.7. The molecule has 0 saturated carbocycles. The zero-order chi connectivity index (χ0) is 27.0. The van der Waals surface area contributed by atoms with Gasteiger partial charge in [0.05, 0.1) is 11.3 Å². The highest BCUT2D eigenvalue weighted by Crippen LogP contribution is 2.45. The molecule has 1 atom stereocenters. The number of aromatic nitrogens is 1. The Kier molecular flexibility index (Phi) is 6.69. The number of hydrogen-bond acceptors (Lipinski definition) is 3. The maximum absolute atomic E-state index is 13.7. The number of fused-ring (bicyclic) bond motifs is 2. The number of aromatic amines is 1. The molecule has 5 aromatic rings. The van der Waals surface area contributed by atoms with Gasteiger partial charge in [-0.3, -0.25) is 4.79 Å². The van der Waals surface area contributed by atoms with E-state index in [1.165, 1.54) is 10.4 Å². The first kappa shape index (κ1) is 25.3. The fourth-order valence-electron chi connectivity index (χ4n) is 5.60. The Morgan fingerprint density at radius 1 is 0.974 bits per heavy atom. The predicted molar refractivity (Wildman–Crippen MR) is 165 cm³/mol. The molecular weight excluding hydrogens is 498 g/mol. The Labute approximate surface area is 233 Å². The summed E-state index contributed by atoms with van der Waals surface area (Å²) < 4.78 is 0. The molecule has 1 aliphatic rings. The van der Waals surface area contributed by atoms with E-state index >= 15 is 0 Å². The quantitative estimate of drug-likeness (QED) is 0.218. The van der Waals surface area contributed by atoms with Crippen molar-refractivity contribution in [1.82, 2.24) is 4.98 Å². The Morgan fingerprint density at radius 3 is 2.41 bits per heavy atom. The van der Waals surface area contributed by atoms with Gasteiger partial charge < -0.3 is 10.3 Å². The summed E-state index contributed by atoms with van der Waals surface area (Å²) in [6.45, 7) is 6.96. The molecule has 2 N–H and O–H groups in total. The topological polar surface area (TPSA) is 57.2 Å². The van der Waals surface area contributed by atoms with Crippen molar-refractivity contribution in [3.8, 4) is 11.3 Å². The zero-order valence-corrected chi connectivity index (χ0v) is 23.4. The van der Waals surface area contributed by atoms with Crippen molar-refractivity contribution < 1.29 is 4.79 Å². The molecule has 1 aliphatic carbocycles. The minimum absolute atomic E-state index is 0.0812. The lowest BCUT2D eigenvalue weighted by Crippen LogP contribution is -2.27. The van der Waals surface area contributed by atoms with Crippen molar-refractivity contribution in [2.75, 3.05) is 5.32 Å². The van der Waals surface area contributed by atoms with Crippen LogP contribution in [-0.4, -0.2) is 17.1 Å². The first-order valence-corrected chi connectivity index (χ1v) is 14.4. The number of H-pyrrole nitrogens is 1. The van der Waals surface area contributed by atoms with Crippen molar-refractivity contribution in [2.45, 2.75) is 40.0 Å². The average molecular weight is 532 g/mol. The smallest absolute Gasteiger partial charge is 0.259 e. The summed E-state index contributed by atoms with van der Waals surface area (Å²) in [5, 5.41) is 5.02. The van der Waals surface area contributed by atoms with Crippen molar-refractivity contribution in [3.63, 3.8) is 0 Å². The Bertz CT molecular complexity index is 1660. The number of para-hydroxylation sites is 2. The number of hydrogen-bond donors (Lipinski definition) is 2. The zero-order valence-electron chi connectivity index (χ0n) is 22.6. The summed E-state index contributed by atoms with van der Waals surface area (Å²) in [6.07, 6.45) is 4.93. The lowest BCUT2D eigenvalue weighted by atomic mass is 9.72. The average Bonchev–Trinajstić information content (AvgIpc) is 3.50. The van der Waals surface area contributed by atoms with E-state index in [0.717, 1.165) is 63.2 Å². The van der Waals surface area contributed by atoms with Gasteiger partial charge in [0.25, 0.3) is 5.91 Å². The van der Waals surface area contributed by atoms with Gasteiger partial charge in [0.2, 0.25) is 0 Å². The highest BCUT2D eigenvalue weighted by molar-refractivity contribution is 7.16. The lowest BCUT2D eigenvalue weighted by Gasteiger charge is -2.33. The molecule has 0 spiro atoms. The van der Waals surface area contributed by atoms with Gasteiger partial charge >= 0.3 is 0 Å².